The number of ether oxygens (including phenoxy) is 1. The Bertz CT molecular complexity index is 1090. The summed E-state index contributed by atoms with van der Waals surface area (Å²) >= 11 is 0. The number of carbonyl (C=O) groups excluding carboxylic acids is 2. The molecule has 2 aliphatic heterocycles. The zero-order chi connectivity index (χ0) is 23.8. The fourth-order valence-corrected chi connectivity index (χ4v) is 5.02. The minimum Gasteiger partial charge on any atom is -0.490 e. The van der Waals surface area contributed by atoms with Gasteiger partial charge in [0.15, 0.2) is 5.78 Å². The van der Waals surface area contributed by atoms with Gasteiger partial charge in [-0.2, -0.15) is 0 Å². The normalized spacial score (nSPS) is 19.8. The van der Waals surface area contributed by atoms with Crippen molar-refractivity contribution in [2.45, 2.75) is 58.6 Å². The first-order valence-corrected chi connectivity index (χ1v) is 11.8. The van der Waals surface area contributed by atoms with E-state index in [0.717, 1.165) is 37.9 Å². The second kappa shape index (κ2) is 9.10. The van der Waals surface area contributed by atoms with Gasteiger partial charge >= 0.3 is 0 Å². The summed E-state index contributed by atoms with van der Waals surface area (Å²) in [6, 6.07) is 11.0. The van der Waals surface area contributed by atoms with Crippen LogP contribution in [-0.4, -0.2) is 42.0 Å². The van der Waals surface area contributed by atoms with Gasteiger partial charge in [0.2, 0.25) is 0 Å². The molecule has 1 unspecified atom stereocenters. The molecule has 1 fully saturated rings. The van der Waals surface area contributed by atoms with Crippen molar-refractivity contribution in [2.75, 3.05) is 18.4 Å². The van der Waals surface area contributed by atoms with Gasteiger partial charge in [-0.15, -0.1) is 0 Å². The molecule has 4 rings (SSSR count). The molecule has 2 aliphatic rings. The van der Waals surface area contributed by atoms with Crippen molar-refractivity contribution in [1.82, 2.24) is 4.90 Å². The quantitative estimate of drug-likeness (QED) is 0.459. The molecule has 1 saturated heterocycles. The Morgan fingerprint density at radius 3 is 2.61 bits per heavy atom. The number of ketones is 1. The maximum absolute atomic E-state index is 13.1. The van der Waals surface area contributed by atoms with E-state index in [4.69, 9.17) is 10.1 Å². The third-order valence-corrected chi connectivity index (χ3v) is 6.67. The number of hydrogen-bond donors (Lipinski definition) is 2. The summed E-state index contributed by atoms with van der Waals surface area (Å²) in [4.78, 5) is 28.3. The number of nitrogens with one attached hydrogen (secondary N) is 2. The summed E-state index contributed by atoms with van der Waals surface area (Å²) < 4.78 is 5.82. The highest BCUT2D eigenvalue weighted by molar-refractivity contribution is 6.07. The molecule has 0 radical (unpaired) electrons. The van der Waals surface area contributed by atoms with Crippen LogP contribution in [-0.2, 0) is 12.0 Å². The lowest BCUT2D eigenvalue weighted by molar-refractivity contribution is 0.0933. The van der Waals surface area contributed by atoms with Gasteiger partial charge in [-0.05, 0) is 81.1 Å². The molecule has 1 atom stereocenters. The van der Waals surface area contributed by atoms with Crippen molar-refractivity contribution >= 4 is 23.6 Å². The predicted molar refractivity (Wildman–Crippen MR) is 131 cm³/mol. The van der Waals surface area contributed by atoms with E-state index in [2.05, 4.69) is 16.3 Å². The number of hydrogen-bond acceptors (Lipinski definition) is 5. The number of fused-ring (bicyclic) bond motifs is 3. The van der Waals surface area contributed by atoms with Crippen molar-refractivity contribution in [2.24, 2.45) is 5.92 Å². The van der Waals surface area contributed by atoms with Gasteiger partial charge in [-0.1, -0.05) is 19.9 Å². The largest absolute Gasteiger partial charge is 0.490 e. The molecule has 6 nitrogen and oxygen atoms in total. The summed E-state index contributed by atoms with van der Waals surface area (Å²) in [6.45, 7) is 9.47. The highest BCUT2D eigenvalue weighted by Gasteiger charge is 2.44. The van der Waals surface area contributed by atoms with E-state index in [1.54, 1.807) is 24.4 Å². The zero-order valence-electron chi connectivity index (χ0n) is 19.9. The summed E-state index contributed by atoms with van der Waals surface area (Å²) in [6.07, 6.45) is 4.45. The van der Waals surface area contributed by atoms with Gasteiger partial charge in [-0.3, -0.25) is 14.5 Å². The lowest BCUT2D eigenvalue weighted by Crippen LogP contribution is -2.47. The SMILES string of the molecule is CC(C)Oc1ccc(C(=O)Nc2ccc3c(c2)C2(C=N)CCCN2CC3)cc1C(=O)C(C)C. The Morgan fingerprint density at radius 1 is 1.12 bits per heavy atom. The first kappa shape index (κ1) is 23.2. The van der Waals surface area contributed by atoms with Crippen LogP contribution in [0.5, 0.6) is 5.75 Å². The Kier molecular flexibility index (Phi) is 6.39. The van der Waals surface area contributed by atoms with Gasteiger partial charge in [0.1, 0.15) is 5.75 Å². The third-order valence-electron chi connectivity index (χ3n) is 6.67. The van der Waals surface area contributed by atoms with Gasteiger partial charge in [0, 0.05) is 29.9 Å². The zero-order valence-corrected chi connectivity index (χ0v) is 19.9. The van der Waals surface area contributed by atoms with Crippen molar-refractivity contribution < 1.29 is 14.3 Å². The second-order valence-electron chi connectivity index (χ2n) is 9.63. The summed E-state index contributed by atoms with van der Waals surface area (Å²) in [5.74, 6) is -0.0245. The molecule has 33 heavy (non-hydrogen) atoms. The summed E-state index contributed by atoms with van der Waals surface area (Å²) in [5, 5.41) is 11.2. The van der Waals surface area contributed by atoms with Crippen LogP contribution in [0, 0.1) is 11.3 Å². The van der Waals surface area contributed by atoms with E-state index in [1.807, 2.05) is 39.8 Å². The number of carbonyl (C=O) groups is 2. The molecule has 0 aromatic heterocycles. The molecule has 2 aromatic carbocycles. The molecular formula is C27H33N3O3. The van der Waals surface area contributed by atoms with Crippen LogP contribution in [0.4, 0.5) is 5.69 Å². The topological polar surface area (TPSA) is 82.5 Å². The fourth-order valence-electron chi connectivity index (χ4n) is 5.02. The Hall–Kier alpha value is -2.99. The standard InChI is InChI=1S/C27H33N3O3/c1-17(2)25(31)22-14-20(7-9-24(22)33-18(3)4)26(32)29-21-8-6-19-10-13-30-12-5-11-27(30,16-28)23(19)15-21/h6-9,14-18,28H,5,10-13H2,1-4H3,(H,29,32). The third kappa shape index (κ3) is 4.32. The van der Waals surface area contributed by atoms with Crippen LogP contribution in [0.3, 0.4) is 0 Å². The van der Waals surface area contributed by atoms with E-state index in [1.165, 1.54) is 5.56 Å². The van der Waals surface area contributed by atoms with E-state index in [9.17, 15) is 9.59 Å². The molecule has 0 bridgehead atoms. The van der Waals surface area contributed by atoms with E-state index >= 15 is 0 Å². The van der Waals surface area contributed by atoms with Crippen LogP contribution in [0.25, 0.3) is 0 Å². The number of anilines is 1. The van der Waals surface area contributed by atoms with Crippen LogP contribution >= 0.6 is 0 Å². The molecule has 1 amide bonds. The van der Waals surface area contributed by atoms with Crippen molar-refractivity contribution in [3.05, 3.63) is 58.7 Å². The maximum atomic E-state index is 13.1. The molecule has 0 saturated carbocycles. The van der Waals surface area contributed by atoms with Gasteiger partial charge in [0.25, 0.3) is 5.91 Å². The monoisotopic (exact) mass is 447 g/mol. The number of benzene rings is 2. The lowest BCUT2D eigenvalue weighted by atomic mass is 9.81. The Morgan fingerprint density at radius 2 is 1.91 bits per heavy atom. The van der Waals surface area contributed by atoms with Crippen LogP contribution in [0.15, 0.2) is 36.4 Å². The maximum Gasteiger partial charge on any atom is 0.255 e. The Balaban J connectivity index is 1.63. The van der Waals surface area contributed by atoms with Crippen LogP contribution in [0.1, 0.15) is 72.4 Å². The lowest BCUT2D eigenvalue weighted by Gasteiger charge is -2.41. The van der Waals surface area contributed by atoms with Crippen molar-refractivity contribution in [1.29, 1.82) is 5.41 Å². The molecular weight excluding hydrogens is 414 g/mol. The van der Waals surface area contributed by atoms with Crippen LogP contribution in [0.2, 0.25) is 0 Å². The molecule has 2 heterocycles. The minimum absolute atomic E-state index is 0.0525. The van der Waals surface area contributed by atoms with Crippen molar-refractivity contribution in [3.8, 4) is 5.75 Å². The summed E-state index contributed by atoms with van der Waals surface area (Å²) in [5.41, 5.74) is 3.55. The molecule has 174 valence electrons. The van der Waals surface area contributed by atoms with Gasteiger partial charge in [0.05, 0.1) is 17.2 Å². The average Bonchev–Trinajstić information content (AvgIpc) is 3.23. The van der Waals surface area contributed by atoms with Crippen molar-refractivity contribution in [3.63, 3.8) is 0 Å². The highest BCUT2D eigenvalue weighted by Crippen LogP contribution is 2.43. The fraction of sp³-hybridized carbons (Fsp3) is 0.444. The highest BCUT2D eigenvalue weighted by atomic mass is 16.5. The summed E-state index contributed by atoms with van der Waals surface area (Å²) in [7, 11) is 0. The van der Waals surface area contributed by atoms with E-state index in [0.29, 0.717) is 22.6 Å². The van der Waals surface area contributed by atoms with Crippen LogP contribution < -0.4 is 10.1 Å². The first-order chi connectivity index (χ1) is 15.7. The van der Waals surface area contributed by atoms with Gasteiger partial charge in [-0.25, -0.2) is 0 Å². The average molecular weight is 448 g/mol. The number of nitrogens with zero attached hydrogens (tertiary/aromatic N) is 1. The molecule has 2 N–H and O–H groups in total. The Labute approximate surface area is 195 Å². The predicted octanol–water partition coefficient (Wildman–Crippen LogP) is 5.06. The van der Waals surface area contributed by atoms with Gasteiger partial charge < -0.3 is 15.5 Å². The number of amides is 1. The minimum atomic E-state index is -0.360. The molecule has 0 aliphatic carbocycles. The first-order valence-electron chi connectivity index (χ1n) is 11.8. The number of rotatable bonds is 7. The second-order valence-corrected chi connectivity index (χ2v) is 9.63. The molecule has 6 heteroatoms. The van der Waals surface area contributed by atoms with E-state index in [-0.39, 0.29) is 29.3 Å². The smallest absolute Gasteiger partial charge is 0.255 e. The molecule has 0 spiro atoms. The number of Topliss-reactive ketones (excluding diaryl/α,β-unsaturated/α-hetero) is 1. The molecule has 2 aromatic rings. The van der Waals surface area contributed by atoms with E-state index < -0.39 is 0 Å².